The molecule has 2 aromatic carbocycles. The molecule has 0 N–H and O–H groups in total. The first kappa shape index (κ1) is 25.4. The predicted molar refractivity (Wildman–Crippen MR) is 148 cm³/mol. The molecule has 1 saturated carbocycles. The molecule has 1 spiro atoms. The lowest BCUT2D eigenvalue weighted by atomic mass is 9.78. The molecule has 3 fully saturated rings. The van der Waals surface area contributed by atoms with Gasteiger partial charge in [0, 0.05) is 37.4 Å². The number of piperidine rings is 1. The third-order valence-corrected chi connectivity index (χ3v) is 9.34. The number of benzene rings is 2. The molecule has 3 aliphatic heterocycles. The molecule has 38 heavy (non-hydrogen) atoms. The Balaban J connectivity index is 1.32. The fourth-order valence-corrected chi connectivity index (χ4v) is 7.18. The second-order valence-corrected chi connectivity index (χ2v) is 11.7. The Morgan fingerprint density at radius 1 is 1.08 bits per heavy atom. The lowest BCUT2D eigenvalue weighted by molar-refractivity contribution is 0.0875. The smallest absolute Gasteiger partial charge is 0.350 e. The van der Waals surface area contributed by atoms with Gasteiger partial charge in [0.25, 0.3) is 0 Å². The van der Waals surface area contributed by atoms with Crippen LogP contribution < -0.4 is 9.64 Å². The van der Waals surface area contributed by atoms with Gasteiger partial charge in [-0.2, -0.15) is 4.99 Å². The van der Waals surface area contributed by atoms with Crippen molar-refractivity contribution in [1.82, 2.24) is 9.80 Å². The van der Waals surface area contributed by atoms with Crippen LogP contribution in [0.1, 0.15) is 57.4 Å². The van der Waals surface area contributed by atoms with Gasteiger partial charge in [-0.05, 0) is 93.7 Å². The molecule has 0 radical (unpaired) electrons. The Labute approximate surface area is 225 Å². The zero-order chi connectivity index (χ0) is 26.3. The van der Waals surface area contributed by atoms with E-state index < -0.39 is 5.54 Å². The van der Waals surface area contributed by atoms with E-state index in [0.717, 1.165) is 69.2 Å². The number of halogens is 1. The highest BCUT2D eigenvalue weighted by molar-refractivity contribution is 6.16. The average molecular weight is 519 g/mol. The molecule has 6 nitrogen and oxygen atoms in total. The van der Waals surface area contributed by atoms with Crippen LogP contribution in [-0.2, 0) is 6.42 Å². The topological polar surface area (TPSA) is 48.4 Å². The first-order valence-corrected chi connectivity index (χ1v) is 14.3. The highest BCUT2D eigenvalue weighted by Crippen LogP contribution is 2.44. The number of hydrogen-bond donors (Lipinski definition) is 0. The SMILES string of the molecule is COc1cccc(CC2CCCN2C2=NC(=O)N(c3cccc(F)c3)[C@@]23CCN(CC2CCC2)[C@H](C)C3)c1. The van der Waals surface area contributed by atoms with Gasteiger partial charge in [-0.25, -0.2) is 9.18 Å². The molecule has 7 heteroatoms. The number of likely N-dealkylation sites (tertiary alicyclic amines) is 2. The number of nitrogens with zero attached hydrogens (tertiary/aromatic N) is 4. The Morgan fingerprint density at radius 2 is 1.92 bits per heavy atom. The second kappa shape index (κ2) is 10.3. The minimum Gasteiger partial charge on any atom is -0.497 e. The standard InChI is InChI=1S/C31H39FN4O2/c1-22-20-31(14-16-34(22)21-23-7-3-8-23)29(33-30(37)36(31)27-11-5-10-25(32)19-27)35-15-6-12-26(35)17-24-9-4-13-28(18-24)38-2/h4-5,9-11,13,18-19,22-23,26H,3,6-8,12,14-17,20-21H2,1-2H3/t22-,26?,31-/m1/s1. The van der Waals surface area contributed by atoms with Crippen molar-refractivity contribution in [3.63, 3.8) is 0 Å². The molecule has 4 aliphatic rings. The summed E-state index contributed by atoms with van der Waals surface area (Å²) in [4.78, 5) is 25.3. The molecule has 3 atom stereocenters. The Hall–Kier alpha value is -2.93. The summed E-state index contributed by atoms with van der Waals surface area (Å²) in [5.41, 5.74) is 1.28. The van der Waals surface area contributed by atoms with Crippen molar-refractivity contribution >= 4 is 17.6 Å². The first-order valence-electron chi connectivity index (χ1n) is 14.3. The summed E-state index contributed by atoms with van der Waals surface area (Å²) >= 11 is 0. The zero-order valence-electron chi connectivity index (χ0n) is 22.6. The maximum absolute atomic E-state index is 14.4. The number of anilines is 1. The summed E-state index contributed by atoms with van der Waals surface area (Å²) in [5.74, 6) is 2.23. The number of carbonyl (C=O) groups is 1. The van der Waals surface area contributed by atoms with E-state index in [1.807, 2.05) is 23.1 Å². The van der Waals surface area contributed by atoms with E-state index in [4.69, 9.17) is 9.73 Å². The third kappa shape index (κ3) is 4.59. The van der Waals surface area contributed by atoms with Crippen LogP contribution in [-0.4, -0.2) is 66.0 Å². The van der Waals surface area contributed by atoms with Crippen LogP contribution in [0.2, 0.25) is 0 Å². The van der Waals surface area contributed by atoms with Gasteiger partial charge in [0.15, 0.2) is 0 Å². The zero-order valence-corrected chi connectivity index (χ0v) is 22.6. The van der Waals surface area contributed by atoms with Gasteiger partial charge in [-0.15, -0.1) is 0 Å². The van der Waals surface area contributed by atoms with Crippen LogP contribution in [0.4, 0.5) is 14.9 Å². The lowest BCUT2D eigenvalue weighted by Crippen LogP contribution is -2.64. The van der Waals surface area contributed by atoms with Crippen molar-refractivity contribution in [3.05, 3.63) is 59.9 Å². The summed E-state index contributed by atoms with van der Waals surface area (Å²) < 4.78 is 19.9. The largest absolute Gasteiger partial charge is 0.497 e. The number of urea groups is 1. The number of amides is 2. The molecule has 6 rings (SSSR count). The van der Waals surface area contributed by atoms with E-state index in [1.165, 1.54) is 37.0 Å². The van der Waals surface area contributed by atoms with Crippen molar-refractivity contribution in [2.75, 3.05) is 31.6 Å². The van der Waals surface area contributed by atoms with Crippen LogP contribution >= 0.6 is 0 Å². The fraction of sp³-hybridized carbons (Fsp3) is 0.548. The Kier molecular flexibility index (Phi) is 6.89. The molecule has 202 valence electrons. The number of amidine groups is 1. The van der Waals surface area contributed by atoms with E-state index in [9.17, 15) is 9.18 Å². The summed E-state index contributed by atoms with van der Waals surface area (Å²) in [6.45, 7) is 5.24. The first-order chi connectivity index (χ1) is 18.5. The van der Waals surface area contributed by atoms with Gasteiger partial charge in [-0.1, -0.05) is 24.6 Å². The fourth-order valence-electron chi connectivity index (χ4n) is 7.18. The predicted octanol–water partition coefficient (Wildman–Crippen LogP) is 5.90. The number of rotatable bonds is 6. The Bertz CT molecular complexity index is 1210. The number of methoxy groups -OCH3 is 1. The van der Waals surface area contributed by atoms with Crippen LogP contribution in [0.15, 0.2) is 53.5 Å². The normalized spacial score (nSPS) is 28.2. The van der Waals surface area contributed by atoms with Crippen molar-refractivity contribution in [1.29, 1.82) is 0 Å². The quantitative estimate of drug-likeness (QED) is 0.478. The van der Waals surface area contributed by atoms with Gasteiger partial charge in [0.2, 0.25) is 0 Å². The van der Waals surface area contributed by atoms with Crippen LogP contribution in [0, 0.1) is 11.7 Å². The van der Waals surface area contributed by atoms with Gasteiger partial charge < -0.3 is 14.5 Å². The van der Waals surface area contributed by atoms with Crippen molar-refractivity contribution in [2.45, 2.75) is 75.9 Å². The maximum atomic E-state index is 14.4. The number of hydrogen-bond acceptors (Lipinski definition) is 4. The van der Waals surface area contributed by atoms with Gasteiger partial charge in [-0.3, -0.25) is 4.90 Å². The number of ether oxygens (including phenoxy) is 1. The van der Waals surface area contributed by atoms with E-state index in [2.05, 4.69) is 28.9 Å². The summed E-state index contributed by atoms with van der Waals surface area (Å²) in [6.07, 6.45) is 8.63. The molecular formula is C31H39FN4O2. The minimum atomic E-state index is -0.558. The lowest BCUT2D eigenvalue weighted by Gasteiger charge is -2.51. The molecule has 0 bridgehead atoms. The minimum absolute atomic E-state index is 0.265. The summed E-state index contributed by atoms with van der Waals surface area (Å²) in [7, 11) is 1.70. The number of carbonyl (C=O) groups excluding carboxylic acids is 1. The molecule has 3 heterocycles. The summed E-state index contributed by atoms with van der Waals surface area (Å²) in [6, 6.07) is 15.1. The summed E-state index contributed by atoms with van der Waals surface area (Å²) in [5, 5.41) is 0. The van der Waals surface area contributed by atoms with E-state index in [-0.39, 0.29) is 17.9 Å². The third-order valence-electron chi connectivity index (χ3n) is 9.34. The second-order valence-electron chi connectivity index (χ2n) is 11.7. The maximum Gasteiger partial charge on any atom is 0.350 e. The van der Waals surface area contributed by atoms with Crippen molar-refractivity contribution in [3.8, 4) is 5.75 Å². The molecule has 2 amide bonds. The van der Waals surface area contributed by atoms with Crippen molar-refractivity contribution in [2.24, 2.45) is 10.9 Å². The van der Waals surface area contributed by atoms with Crippen LogP contribution in [0.25, 0.3) is 0 Å². The van der Waals surface area contributed by atoms with E-state index in [1.54, 1.807) is 13.2 Å². The van der Waals surface area contributed by atoms with E-state index in [0.29, 0.717) is 11.7 Å². The average Bonchev–Trinajstić information content (AvgIpc) is 3.44. The monoisotopic (exact) mass is 518 g/mol. The molecule has 1 unspecified atom stereocenters. The number of aliphatic imine (C=N–C) groups is 1. The highest BCUT2D eigenvalue weighted by Gasteiger charge is 2.56. The Morgan fingerprint density at radius 3 is 2.66 bits per heavy atom. The molecule has 1 aliphatic carbocycles. The van der Waals surface area contributed by atoms with Gasteiger partial charge in [0.05, 0.1) is 7.11 Å². The molecule has 0 aromatic heterocycles. The van der Waals surface area contributed by atoms with Gasteiger partial charge in [0.1, 0.15) is 22.9 Å². The van der Waals surface area contributed by atoms with Crippen LogP contribution in [0.5, 0.6) is 5.75 Å². The molecular weight excluding hydrogens is 479 g/mol. The van der Waals surface area contributed by atoms with Crippen molar-refractivity contribution < 1.29 is 13.9 Å². The van der Waals surface area contributed by atoms with Gasteiger partial charge >= 0.3 is 6.03 Å². The molecule has 2 saturated heterocycles. The van der Waals surface area contributed by atoms with E-state index >= 15 is 0 Å². The highest BCUT2D eigenvalue weighted by atomic mass is 19.1. The molecule has 2 aromatic rings. The van der Waals surface area contributed by atoms with Crippen LogP contribution in [0.3, 0.4) is 0 Å².